The lowest BCUT2D eigenvalue weighted by Crippen LogP contribution is -1.96. The van der Waals surface area contributed by atoms with Gasteiger partial charge in [0.1, 0.15) is 5.03 Å². The molecule has 0 radical (unpaired) electrons. The lowest BCUT2D eigenvalue weighted by Gasteiger charge is -2.02. The van der Waals surface area contributed by atoms with E-state index < -0.39 is 5.97 Å². The maximum atomic E-state index is 10.4. The first kappa shape index (κ1) is 13.5. The van der Waals surface area contributed by atoms with Gasteiger partial charge in [-0.15, -0.1) is 22.0 Å². The highest BCUT2D eigenvalue weighted by molar-refractivity contribution is 7.99. The van der Waals surface area contributed by atoms with Crippen molar-refractivity contribution in [2.24, 2.45) is 0 Å². The van der Waals surface area contributed by atoms with Gasteiger partial charge in [-0.3, -0.25) is 4.79 Å². The Labute approximate surface area is 115 Å². The van der Waals surface area contributed by atoms with Gasteiger partial charge >= 0.3 is 5.97 Å². The molecule has 1 heterocycles. The fraction of sp³-hybridized carbons (Fsp3) is 0.214. The van der Waals surface area contributed by atoms with Crippen LogP contribution in [-0.2, 0) is 4.79 Å². The number of thioether (sulfide) groups is 1. The highest BCUT2D eigenvalue weighted by Crippen LogP contribution is 2.20. The average Bonchev–Trinajstić information content (AvgIpc) is 2.40. The summed E-state index contributed by atoms with van der Waals surface area (Å²) in [5.74, 6) is -0.287. The van der Waals surface area contributed by atoms with Gasteiger partial charge in [-0.1, -0.05) is 29.8 Å². The summed E-state index contributed by atoms with van der Waals surface area (Å²) in [7, 11) is 0. The largest absolute Gasteiger partial charge is 0.481 e. The Morgan fingerprint density at radius 3 is 2.47 bits per heavy atom. The molecule has 2 rings (SSSR count). The van der Waals surface area contributed by atoms with Gasteiger partial charge in [-0.2, -0.15) is 0 Å². The van der Waals surface area contributed by atoms with Crippen LogP contribution in [0.5, 0.6) is 0 Å². The number of benzene rings is 1. The van der Waals surface area contributed by atoms with Crippen LogP contribution in [0.3, 0.4) is 0 Å². The van der Waals surface area contributed by atoms with Crippen molar-refractivity contribution in [2.75, 3.05) is 5.75 Å². The van der Waals surface area contributed by atoms with Crippen molar-refractivity contribution in [3.63, 3.8) is 0 Å². The van der Waals surface area contributed by atoms with Crippen LogP contribution < -0.4 is 0 Å². The minimum absolute atomic E-state index is 0.131. The number of rotatable bonds is 5. The fourth-order valence-corrected chi connectivity index (χ4v) is 2.27. The number of hydrogen-bond donors (Lipinski definition) is 1. The molecule has 0 aliphatic rings. The van der Waals surface area contributed by atoms with E-state index >= 15 is 0 Å². The summed E-state index contributed by atoms with van der Waals surface area (Å²) < 4.78 is 0. The summed E-state index contributed by atoms with van der Waals surface area (Å²) in [4.78, 5) is 10.4. The molecule has 19 heavy (non-hydrogen) atoms. The number of carbonyl (C=O) groups is 1. The van der Waals surface area contributed by atoms with E-state index in [0.717, 1.165) is 16.3 Å². The molecule has 0 aliphatic heterocycles. The van der Waals surface area contributed by atoms with Gasteiger partial charge in [0, 0.05) is 11.3 Å². The molecule has 0 amide bonds. The van der Waals surface area contributed by atoms with Crippen LogP contribution in [0.25, 0.3) is 11.3 Å². The van der Waals surface area contributed by atoms with E-state index in [1.54, 1.807) is 0 Å². The van der Waals surface area contributed by atoms with Crippen molar-refractivity contribution >= 4 is 17.7 Å². The van der Waals surface area contributed by atoms with Gasteiger partial charge in [-0.05, 0) is 19.1 Å². The third kappa shape index (κ3) is 4.06. The zero-order valence-corrected chi connectivity index (χ0v) is 11.4. The molecule has 0 saturated heterocycles. The molecule has 0 spiro atoms. The smallest absolute Gasteiger partial charge is 0.304 e. The first-order valence-electron chi connectivity index (χ1n) is 5.90. The second-order valence-corrected chi connectivity index (χ2v) is 5.23. The third-order valence-corrected chi connectivity index (χ3v) is 3.48. The number of carboxylic acid groups (broad SMARTS) is 1. The monoisotopic (exact) mass is 274 g/mol. The number of aliphatic carboxylic acids is 1. The van der Waals surface area contributed by atoms with Crippen LogP contribution in [0, 0.1) is 6.92 Å². The van der Waals surface area contributed by atoms with Crippen LogP contribution in [0.2, 0.25) is 0 Å². The summed E-state index contributed by atoms with van der Waals surface area (Å²) in [6.07, 6.45) is 0.131. The molecular weight excluding hydrogens is 260 g/mol. The molecule has 0 bridgehead atoms. The Kier molecular flexibility index (Phi) is 4.52. The Bertz CT molecular complexity index is 553. The minimum atomic E-state index is -0.795. The molecule has 4 nitrogen and oxygen atoms in total. The number of nitrogens with zero attached hydrogens (tertiary/aromatic N) is 2. The van der Waals surface area contributed by atoms with E-state index in [0.29, 0.717) is 5.75 Å². The minimum Gasteiger partial charge on any atom is -0.481 e. The summed E-state index contributed by atoms with van der Waals surface area (Å²) in [6, 6.07) is 11.9. The van der Waals surface area contributed by atoms with E-state index in [1.165, 1.54) is 17.3 Å². The van der Waals surface area contributed by atoms with Crippen molar-refractivity contribution in [1.82, 2.24) is 10.2 Å². The maximum absolute atomic E-state index is 10.4. The van der Waals surface area contributed by atoms with Crippen molar-refractivity contribution in [2.45, 2.75) is 18.4 Å². The Hall–Kier alpha value is -1.88. The van der Waals surface area contributed by atoms with Gasteiger partial charge < -0.3 is 5.11 Å². The highest BCUT2D eigenvalue weighted by atomic mass is 32.2. The van der Waals surface area contributed by atoms with Crippen molar-refractivity contribution < 1.29 is 9.90 Å². The lowest BCUT2D eigenvalue weighted by atomic mass is 10.1. The van der Waals surface area contributed by atoms with Crippen LogP contribution in [0.1, 0.15) is 12.0 Å². The average molecular weight is 274 g/mol. The molecule has 2 aromatic rings. The molecule has 1 N–H and O–H groups in total. The van der Waals surface area contributed by atoms with Gasteiger partial charge in [-0.25, -0.2) is 0 Å². The normalized spacial score (nSPS) is 10.4. The first-order valence-corrected chi connectivity index (χ1v) is 6.89. The molecule has 0 fully saturated rings. The quantitative estimate of drug-likeness (QED) is 0.849. The Balaban J connectivity index is 2.02. The van der Waals surface area contributed by atoms with E-state index in [-0.39, 0.29) is 6.42 Å². The highest BCUT2D eigenvalue weighted by Gasteiger charge is 2.03. The summed E-state index contributed by atoms with van der Waals surface area (Å²) in [5.41, 5.74) is 3.06. The van der Waals surface area contributed by atoms with Crippen LogP contribution in [-0.4, -0.2) is 27.0 Å². The molecule has 0 atom stereocenters. The van der Waals surface area contributed by atoms with Gasteiger partial charge in [0.25, 0.3) is 0 Å². The van der Waals surface area contributed by atoms with Crippen molar-refractivity contribution in [1.29, 1.82) is 0 Å². The van der Waals surface area contributed by atoms with Gasteiger partial charge in [0.2, 0.25) is 0 Å². The van der Waals surface area contributed by atoms with Gasteiger partial charge in [0.05, 0.1) is 12.1 Å². The standard InChI is InChI=1S/C14H14N2O2S/c1-10-2-4-11(5-3-10)12-6-7-13(16-15-12)19-9-8-14(17)18/h2-7H,8-9H2,1H3,(H,17,18). The number of aromatic nitrogens is 2. The topological polar surface area (TPSA) is 63.1 Å². The lowest BCUT2D eigenvalue weighted by molar-refractivity contribution is -0.136. The predicted molar refractivity (Wildman–Crippen MR) is 75.2 cm³/mol. The van der Waals surface area contributed by atoms with Crippen LogP contribution in [0.15, 0.2) is 41.4 Å². The molecule has 0 saturated carbocycles. The molecule has 5 heteroatoms. The summed E-state index contributed by atoms with van der Waals surface area (Å²) in [5, 5.41) is 17.6. The molecule has 0 aliphatic carbocycles. The van der Waals surface area contributed by atoms with Crippen LogP contribution >= 0.6 is 11.8 Å². The van der Waals surface area contributed by atoms with E-state index in [2.05, 4.69) is 10.2 Å². The zero-order chi connectivity index (χ0) is 13.7. The Morgan fingerprint density at radius 2 is 1.89 bits per heavy atom. The third-order valence-electron chi connectivity index (χ3n) is 2.55. The predicted octanol–water partition coefficient (Wildman–Crippen LogP) is 3.02. The van der Waals surface area contributed by atoms with Crippen LogP contribution in [0.4, 0.5) is 0 Å². The molecule has 1 aromatic heterocycles. The molecule has 98 valence electrons. The first-order chi connectivity index (χ1) is 9.15. The molecular formula is C14H14N2O2S. The summed E-state index contributed by atoms with van der Waals surface area (Å²) >= 11 is 1.40. The van der Waals surface area contributed by atoms with E-state index in [1.807, 2.05) is 43.3 Å². The zero-order valence-electron chi connectivity index (χ0n) is 10.5. The van der Waals surface area contributed by atoms with Crippen molar-refractivity contribution in [3.8, 4) is 11.3 Å². The SMILES string of the molecule is Cc1ccc(-c2ccc(SCCC(=O)O)nn2)cc1. The maximum Gasteiger partial charge on any atom is 0.304 e. The fourth-order valence-electron chi connectivity index (χ4n) is 1.52. The summed E-state index contributed by atoms with van der Waals surface area (Å²) in [6.45, 7) is 2.04. The van der Waals surface area contributed by atoms with E-state index in [9.17, 15) is 4.79 Å². The number of hydrogen-bond acceptors (Lipinski definition) is 4. The number of carboxylic acids is 1. The second kappa shape index (κ2) is 6.33. The van der Waals surface area contributed by atoms with Crippen molar-refractivity contribution in [3.05, 3.63) is 42.0 Å². The van der Waals surface area contributed by atoms with Gasteiger partial charge in [0.15, 0.2) is 0 Å². The van der Waals surface area contributed by atoms with E-state index in [4.69, 9.17) is 5.11 Å². The molecule has 1 aromatic carbocycles. The second-order valence-electron chi connectivity index (χ2n) is 4.12. The Morgan fingerprint density at radius 1 is 1.16 bits per heavy atom. The number of aryl methyl sites for hydroxylation is 1. The molecule has 0 unspecified atom stereocenters.